The van der Waals surface area contributed by atoms with Crippen molar-refractivity contribution in [3.8, 4) is 0 Å². The van der Waals surface area contributed by atoms with Gasteiger partial charge < -0.3 is 4.74 Å². The minimum absolute atomic E-state index is 0.977. The molecule has 1 heterocycles. The summed E-state index contributed by atoms with van der Waals surface area (Å²) in [6, 6.07) is 0. The fraction of sp³-hybridized carbons (Fsp3) is 0.909. The Balaban J connectivity index is 1.70. The van der Waals surface area contributed by atoms with Gasteiger partial charge in [0.1, 0.15) is 0 Å². The van der Waals surface area contributed by atoms with Crippen LogP contribution in [0.25, 0.3) is 0 Å². The minimum Gasteiger partial charge on any atom is -0.372 e. The number of unbranched alkanes of at least 4 members (excludes halogenated alkanes) is 5. The van der Waals surface area contributed by atoms with E-state index in [0.717, 1.165) is 6.61 Å². The van der Waals surface area contributed by atoms with Crippen molar-refractivity contribution in [2.45, 2.75) is 58.3 Å². The molecule has 1 nitrogen and oxygen atoms in total. The van der Waals surface area contributed by atoms with E-state index in [9.17, 15) is 0 Å². The van der Waals surface area contributed by atoms with Crippen LogP contribution >= 0.6 is 0 Å². The molecule has 0 unspecified atom stereocenters. The van der Waals surface area contributed by atoms with Gasteiger partial charge in [0, 0.05) is 6.42 Å². The Morgan fingerprint density at radius 3 is 2.33 bits per heavy atom. The molecule has 0 aromatic carbocycles. The summed E-state index contributed by atoms with van der Waals surface area (Å²) in [6.07, 6.45) is 12.2. The predicted molar refractivity (Wildman–Crippen MR) is 51.8 cm³/mol. The standard InChI is InChI=1S/C11H21O/c1-2-3-4-5-6-7-8-11-9-10-12-11/h2-10H2,1H3. The Hall–Kier alpha value is -0.0400. The van der Waals surface area contributed by atoms with Gasteiger partial charge in [-0.05, 0) is 6.42 Å². The Kier molecular flexibility index (Phi) is 5.42. The molecule has 1 rings (SSSR count). The summed E-state index contributed by atoms with van der Waals surface area (Å²) in [5.41, 5.74) is 0. The third-order valence-electron chi connectivity index (χ3n) is 2.50. The highest BCUT2D eigenvalue weighted by atomic mass is 16.5. The van der Waals surface area contributed by atoms with Gasteiger partial charge in [0.2, 0.25) is 0 Å². The highest BCUT2D eigenvalue weighted by Crippen LogP contribution is 2.25. The van der Waals surface area contributed by atoms with Crippen LogP contribution < -0.4 is 0 Å². The number of hydrogen-bond donors (Lipinski definition) is 0. The van der Waals surface area contributed by atoms with Crippen LogP contribution in [0.2, 0.25) is 0 Å². The van der Waals surface area contributed by atoms with Crippen LogP contribution in [-0.4, -0.2) is 6.61 Å². The van der Waals surface area contributed by atoms with Crippen LogP contribution in [-0.2, 0) is 4.74 Å². The fourth-order valence-corrected chi connectivity index (χ4v) is 1.55. The monoisotopic (exact) mass is 169 g/mol. The molecule has 1 saturated heterocycles. The van der Waals surface area contributed by atoms with Gasteiger partial charge in [0.05, 0.1) is 12.7 Å². The Morgan fingerprint density at radius 2 is 1.75 bits per heavy atom. The molecule has 0 aliphatic carbocycles. The third kappa shape index (κ3) is 4.10. The van der Waals surface area contributed by atoms with E-state index in [1.165, 1.54) is 57.5 Å². The van der Waals surface area contributed by atoms with E-state index in [0.29, 0.717) is 0 Å². The van der Waals surface area contributed by atoms with Crippen LogP contribution in [0, 0.1) is 6.10 Å². The summed E-state index contributed by atoms with van der Waals surface area (Å²) in [4.78, 5) is 0. The fourth-order valence-electron chi connectivity index (χ4n) is 1.55. The molecule has 0 N–H and O–H groups in total. The number of ether oxygens (including phenoxy) is 1. The third-order valence-corrected chi connectivity index (χ3v) is 2.50. The molecule has 1 radical (unpaired) electrons. The summed E-state index contributed by atoms with van der Waals surface area (Å²) in [6.45, 7) is 3.24. The Labute approximate surface area is 76.5 Å². The second kappa shape index (κ2) is 6.47. The van der Waals surface area contributed by atoms with Crippen molar-refractivity contribution in [1.82, 2.24) is 0 Å². The van der Waals surface area contributed by atoms with Gasteiger partial charge in [-0.1, -0.05) is 45.4 Å². The van der Waals surface area contributed by atoms with Crippen molar-refractivity contribution in [3.63, 3.8) is 0 Å². The zero-order valence-electron chi connectivity index (χ0n) is 8.27. The molecule has 71 valence electrons. The number of rotatable bonds is 7. The average Bonchev–Trinajstić information content (AvgIpc) is 2.00. The molecule has 1 aliphatic rings. The molecule has 0 bridgehead atoms. The zero-order valence-corrected chi connectivity index (χ0v) is 8.27. The van der Waals surface area contributed by atoms with Gasteiger partial charge in [-0.25, -0.2) is 0 Å². The molecule has 12 heavy (non-hydrogen) atoms. The lowest BCUT2D eigenvalue weighted by Crippen LogP contribution is -2.17. The summed E-state index contributed by atoms with van der Waals surface area (Å²) >= 11 is 0. The first kappa shape index (κ1) is 10.0. The van der Waals surface area contributed by atoms with E-state index >= 15 is 0 Å². The SMILES string of the molecule is CCCCCCCC[C]1CCO1. The molecule has 1 fully saturated rings. The molecule has 0 aromatic heterocycles. The maximum Gasteiger partial charge on any atom is 0.0993 e. The second-order valence-electron chi connectivity index (χ2n) is 3.65. The van der Waals surface area contributed by atoms with E-state index in [2.05, 4.69) is 6.92 Å². The lowest BCUT2D eigenvalue weighted by atomic mass is 10.0. The minimum atomic E-state index is 0.977. The van der Waals surface area contributed by atoms with Gasteiger partial charge in [-0.15, -0.1) is 0 Å². The normalized spacial score (nSPS) is 17.8. The zero-order chi connectivity index (χ0) is 8.65. The average molecular weight is 169 g/mol. The quantitative estimate of drug-likeness (QED) is 0.528. The van der Waals surface area contributed by atoms with Crippen molar-refractivity contribution in [2.75, 3.05) is 6.61 Å². The van der Waals surface area contributed by atoms with Crippen molar-refractivity contribution < 1.29 is 4.74 Å². The topological polar surface area (TPSA) is 9.23 Å². The Morgan fingerprint density at radius 1 is 1.08 bits per heavy atom. The molecular weight excluding hydrogens is 148 g/mol. The first-order valence-corrected chi connectivity index (χ1v) is 5.41. The van der Waals surface area contributed by atoms with E-state index < -0.39 is 0 Å². The second-order valence-corrected chi connectivity index (χ2v) is 3.65. The predicted octanol–water partition coefficient (Wildman–Crippen LogP) is 3.69. The molecule has 0 aromatic rings. The van der Waals surface area contributed by atoms with Gasteiger partial charge >= 0.3 is 0 Å². The van der Waals surface area contributed by atoms with Gasteiger partial charge in [0.15, 0.2) is 0 Å². The molecule has 0 atom stereocenters. The van der Waals surface area contributed by atoms with Crippen molar-refractivity contribution >= 4 is 0 Å². The smallest absolute Gasteiger partial charge is 0.0993 e. The summed E-state index contributed by atoms with van der Waals surface area (Å²) in [7, 11) is 0. The summed E-state index contributed by atoms with van der Waals surface area (Å²) < 4.78 is 5.28. The molecule has 0 amide bonds. The van der Waals surface area contributed by atoms with Crippen LogP contribution in [0.5, 0.6) is 0 Å². The highest BCUT2D eigenvalue weighted by Gasteiger charge is 2.17. The van der Waals surface area contributed by atoms with E-state index in [4.69, 9.17) is 4.74 Å². The first-order chi connectivity index (χ1) is 5.93. The lowest BCUT2D eigenvalue weighted by Gasteiger charge is -2.24. The van der Waals surface area contributed by atoms with Crippen molar-refractivity contribution in [2.24, 2.45) is 0 Å². The molecular formula is C11H21O. The molecule has 0 spiro atoms. The maximum absolute atomic E-state index is 5.28. The Bertz CT molecular complexity index is 97.2. The van der Waals surface area contributed by atoms with Crippen LogP contribution in [0.15, 0.2) is 0 Å². The molecule has 1 heteroatoms. The molecule has 1 aliphatic heterocycles. The van der Waals surface area contributed by atoms with Crippen LogP contribution in [0.1, 0.15) is 58.3 Å². The number of hydrogen-bond acceptors (Lipinski definition) is 1. The van der Waals surface area contributed by atoms with Crippen molar-refractivity contribution in [3.05, 3.63) is 6.10 Å². The van der Waals surface area contributed by atoms with Gasteiger partial charge in [-0.2, -0.15) is 0 Å². The van der Waals surface area contributed by atoms with Crippen LogP contribution in [0.4, 0.5) is 0 Å². The van der Waals surface area contributed by atoms with E-state index in [1.54, 1.807) is 0 Å². The maximum atomic E-state index is 5.28. The molecule has 0 saturated carbocycles. The largest absolute Gasteiger partial charge is 0.372 e. The van der Waals surface area contributed by atoms with E-state index in [-0.39, 0.29) is 0 Å². The lowest BCUT2D eigenvalue weighted by molar-refractivity contribution is 0.0337. The van der Waals surface area contributed by atoms with Gasteiger partial charge in [-0.3, -0.25) is 0 Å². The van der Waals surface area contributed by atoms with Crippen LogP contribution in [0.3, 0.4) is 0 Å². The summed E-state index contributed by atoms with van der Waals surface area (Å²) in [5.74, 6) is 0. The van der Waals surface area contributed by atoms with Gasteiger partial charge in [0.25, 0.3) is 0 Å². The first-order valence-electron chi connectivity index (χ1n) is 5.41. The van der Waals surface area contributed by atoms with E-state index in [1.807, 2.05) is 0 Å². The highest BCUT2D eigenvalue weighted by molar-refractivity contribution is 4.85. The summed E-state index contributed by atoms with van der Waals surface area (Å²) in [5, 5.41) is 0. The van der Waals surface area contributed by atoms with Crippen molar-refractivity contribution in [1.29, 1.82) is 0 Å².